The SMILES string of the molecule is CCc1nc2n(n1)CC(NC(=NC)NCC#Cc1cccc(C(F)(F)F)c1)CC2.I. The van der Waals surface area contributed by atoms with Crippen molar-refractivity contribution < 1.29 is 13.2 Å². The number of guanidine groups is 1. The molecular formula is C20H24F3IN6. The lowest BCUT2D eigenvalue weighted by atomic mass is 10.1. The molecule has 2 aromatic rings. The van der Waals surface area contributed by atoms with Crippen molar-refractivity contribution in [3.05, 3.63) is 47.0 Å². The van der Waals surface area contributed by atoms with Crippen LogP contribution in [-0.4, -0.2) is 40.4 Å². The molecule has 0 radical (unpaired) electrons. The second-order valence-electron chi connectivity index (χ2n) is 6.67. The van der Waals surface area contributed by atoms with E-state index < -0.39 is 11.7 Å². The molecule has 0 amide bonds. The molecule has 6 nitrogen and oxygen atoms in total. The Balaban J connectivity index is 0.00000320. The summed E-state index contributed by atoms with van der Waals surface area (Å²) in [6.45, 7) is 3.00. The van der Waals surface area contributed by atoms with Crippen LogP contribution in [0, 0.1) is 11.8 Å². The molecule has 0 fully saturated rings. The zero-order valence-corrected chi connectivity index (χ0v) is 19.1. The second kappa shape index (κ2) is 10.7. The summed E-state index contributed by atoms with van der Waals surface area (Å²) in [6, 6.07) is 5.15. The van der Waals surface area contributed by atoms with Crippen molar-refractivity contribution in [2.75, 3.05) is 13.6 Å². The maximum Gasteiger partial charge on any atom is 0.416 e. The van der Waals surface area contributed by atoms with E-state index >= 15 is 0 Å². The molecule has 1 aromatic heterocycles. The molecule has 162 valence electrons. The van der Waals surface area contributed by atoms with Crippen molar-refractivity contribution in [1.29, 1.82) is 0 Å². The number of alkyl halides is 3. The second-order valence-corrected chi connectivity index (χ2v) is 6.67. The van der Waals surface area contributed by atoms with E-state index in [1.54, 1.807) is 13.1 Å². The lowest BCUT2D eigenvalue weighted by Gasteiger charge is -2.25. The fourth-order valence-electron chi connectivity index (χ4n) is 3.06. The Labute approximate surface area is 190 Å². The van der Waals surface area contributed by atoms with Gasteiger partial charge in [-0.2, -0.15) is 18.3 Å². The largest absolute Gasteiger partial charge is 0.416 e. The molecule has 1 aromatic carbocycles. The summed E-state index contributed by atoms with van der Waals surface area (Å²) in [5.41, 5.74) is -0.381. The Bertz CT molecular complexity index is 942. The van der Waals surface area contributed by atoms with Crippen molar-refractivity contribution in [2.24, 2.45) is 4.99 Å². The summed E-state index contributed by atoms with van der Waals surface area (Å²) in [7, 11) is 1.66. The molecule has 2 N–H and O–H groups in total. The van der Waals surface area contributed by atoms with Gasteiger partial charge < -0.3 is 10.6 Å². The van der Waals surface area contributed by atoms with E-state index in [0.717, 1.165) is 43.0 Å². The molecule has 2 heterocycles. The van der Waals surface area contributed by atoms with E-state index in [-0.39, 0.29) is 36.6 Å². The molecule has 1 atom stereocenters. The Kier molecular flexibility index (Phi) is 8.52. The minimum absolute atomic E-state index is 0. The number of hydrogen-bond acceptors (Lipinski definition) is 3. The Morgan fingerprint density at radius 1 is 1.37 bits per heavy atom. The highest BCUT2D eigenvalue weighted by atomic mass is 127. The molecule has 0 saturated carbocycles. The van der Waals surface area contributed by atoms with Gasteiger partial charge in [0, 0.05) is 31.5 Å². The van der Waals surface area contributed by atoms with Gasteiger partial charge in [0.05, 0.1) is 18.7 Å². The lowest BCUT2D eigenvalue weighted by Crippen LogP contribution is -2.47. The maximum atomic E-state index is 12.8. The summed E-state index contributed by atoms with van der Waals surface area (Å²) in [5, 5.41) is 10.9. The van der Waals surface area contributed by atoms with Crippen molar-refractivity contribution in [1.82, 2.24) is 25.4 Å². The summed E-state index contributed by atoms with van der Waals surface area (Å²) < 4.78 is 40.2. The number of aryl methyl sites for hydroxylation is 2. The normalized spacial score (nSPS) is 16.0. The van der Waals surface area contributed by atoms with Crippen molar-refractivity contribution in [3.63, 3.8) is 0 Å². The molecule has 0 bridgehead atoms. The summed E-state index contributed by atoms with van der Waals surface area (Å²) in [5.74, 6) is 8.03. The number of fused-ring (bicyclic) bond motifs is 1. The van der Waals surface area contributed by atoms with Crippen LogP contribution in [0.25, 0.3) is 0 Å². The van der Waals surface area contributed by atoms with Crippen LogP contribution in [0.2, 0.25) is 0 Å². The Morgan fingerprint density at radius 2 is 2.17 bits per heavy atom. The zero-order valence-electron chi connectivity index (χ0n) is 16.8. The third-order valence-electron chi connectivity index (χ3n) is 4.55. The highest BCUT2D eigenvalue weighted by Gasteiger charge is 2.30. The van der Waals surface area contributed by atoms with Crippen molar-refractivity contribution in [3.8, 4) is 11.8 Å². The number of aromatic nitrogens is 3. The van der Waals surface area contributed by atoms with E-state index in [1.807, 2.05) is 11.6 Å². The Morgan fingerprint density at radius 3 is 2.87 bits per heavy atom. The van der Waals surface area contributed by atoms with Gasteiger partial charge in [-0.05, 0) is 24.6 Å². The van der Waals surface area contributed by atoms with Gasteiger partial charge in [0.25, 0.3) is 0 Å². The van der Waals surface area contributed by atoms with Gasteiger partial charge in [0.2, 0.25) is 0 Å². The van der Waals surface area contributed by atoms with Gasteiger partial charge in [-0.3, -0.25) is 4.99 Å². The monoisotopic (exact) mass is 532 g/mol. The smallest absolute Gasteiger partial charge is 0.352 e. The van der Waals surface area contributed by atoms with E-state index in [2.05, 4.69) is 37.5 Å². The van der Waals surface area contributed by atoms with Crippen molar-refractivity contribution >= 4 is 29.9 Å². The van der Waals surface area contributed by atoms with Crippen LogP contribution in [0.5, 0.6) is 0 Å². The van der Waals surface area contributed by atoms with Crippen LogP contribution in [0.3, 0.4) is 0 Å². The van der Waals surface area contributed by atoms with E-state index in [9.17, 15) is 13.2 Å². The van der Waals surface area contributed by atoms with Crippen LogP contribution in [0.15, 0.2) is 29.3 Å². The van der Waals surface area contributed by atoms with Crippen LogP contribution < -0.4 is 10.6 Å². The molecule has 30 heavy (non-hydrogen) atoms. The summed E-state index contributed by atoms with van der Waals surface area (Å²) >= 11 is 0. The molecule has 0 saturated heterocycles. The predicted molar refractivity (Wildman–Crippen MR) is 120 cm³/mol. The number of nitrogens with zero attached hydrogens (tertiary/aromatic N) is 4. The number of aliphatic imine (C=N–C) groups is 1. The van der Waals surface area contributed by atoms with Crippen LogP contribution >= 0.6 is 24.0 Å². The van der Waals surface area contributed by atoms with E-state index in [4.69, 9.17) is 0 Å². The van der Waals surface area contributed by atoms with Gasteiger partial charge in [-0.15, -0.1) is 24.0 Å². The first-order chi connectivity index (χ1) is 13.9. The van der Waals surface area contributed by atoms with Gasteiger partial charge in [0.1, 0.15) is 5.82 Å². The quantitative estimate of drug-likeness (QED) is 0.276. The van der Waals surface area contributed by atoms with Gasteiger partial charge in [0.15, 0.2) is 11.8 Å². The predicted octanol–water partition coefficient (Wildman–Crippen LogP) is 3.01. The number of rotatable bonds is 3. The molecule has 10 heteroatoms. The maximum absolute atomic E-state index is 12.8. The first kappa shape index (κ1) is 24.0. The van der Waals surface area contributed by atoms with Gasteiger partial charge >= 0.3 is 6.18 Å². The standard InChI is InChI=1S/C20H23F3N6.HI/c1-3-17-27-18-10-9-16(13-29(18)28-17)26-19(24-2)25-11-5-7-14-6-4-8-15(12-14)20(21,22)23;/h4,6,8,12,16H,3,9-11,13H2,1-2H3,(H2,24,25,26);1H. The molecule has 3 rings (SSSR count). The number of halogens is 4. The van der Waals surface area contributed by atoms with E-state index in [0.29, 0.717) is 18.1 Å². The third-order valence-corrected chi connectivity index (χ3v) is 4.55. The molecule has 1 unspecified atom stereocenters. The molecular weight excluding hydrogens is 508 g/mol. The van der Waals surface area contributed by atoms with E-state index in [1.165, 1.54) is 6.07 Å². The average Bonchev–Trinajstić information content (AvgIpc) is 3.12. The van der Waals surface area contributed by atoms with Crippen LogP contribution in [0.1, 0.15) is 36.1 Å². The highest BCUT2D eigenvalue weighted by molar-refractivity contribution is 14.0. The number of hydrogen-bond donors (Lipinski definition) is 2. The fourth-order valence-corrected chi connectivity index (χ4v) is 3.06. The summed E-state index contributed by atoms with van der Waals surface area (Å²) in [4.78, 5) is 8.69. The molecule has 1 aliphatic heterocycles. The lowest BCUT2D eigenvalue weighted by molar-refractivity contribution is -0.137. The minimum atomic E-state index is -4.37. The van der Waals surface area contributed by atoms with Crippen LogP contribution in [-0.2, 0) is 25.6 Å². The molecule has 0 spiro atoms. The number of benzene rings is 1. The zero-order chi connectivity index (χ0) is 20.9. The van der Waals surface area contributed by atoms with Crippen LogP contribution in [0.4, 0.5) is 13.2 Å². The fraction of sp³-hybridized carbons (Fsp3) is 0.450. The first-order valence-corrected chi connectivity index (χ1v) is 9.45. The van der Waals surface area contributed by atoms with Gasteiger partial charge in [-0.1, -0.05) is 24.8 Å². The minimum Gasteiger partial charge on any atom is -0.352 e. The molecule has 0 aliphatic carbocycles. The number of nitrogens with one attached hydrogen (secondary N) is 2. The van der Waals surface area contributed by atoms with Gasteiger partial charge in [-0.25, -0.2) is 9.67 Å². The third kappa shape index (κ3) is 6.35. The average molecular weight is 532 g/mol. The Hall–Kier alpha value is -2.29. The topological polar surface area (TPSA) is 67.1 Å². The molecule has 1 aliphatic rings. The first-order valence-electron chi connectivity index (χ1n) is 9.45. The summed E-state index contributed by atoms with van der Waals surface area (Å²) in [6.07, 6.45) is -1.80. The van der Waals surface area contributed by atoms with Crippen molar-refractivity contribution in [2.45, 2.75) is 44.9 Å². The highest BCUT2D eigenvalue weighted by Crippen LogP contribution is 2.29.